The molecule has 0 radical (unpaired) electrons. The Morgan fingerprint density at radius 2 is 1.59 bits per heavy atom. The fourth-order valence-corrected chi connectivity index (χ4v) is 5.60. The van der Waals surface area contributed by atoms with Crippen molar-refractivity contribution in [3.63, 3.8) is 0 Å². The number of amides is 1. The molecule has 0 spiro atoms. The minimum absolute atomic E-state index is 0.0677. The normalized spacial score (nSPS) is 35.6. The van der Waals surface area contributed by atoms with E-state index in [2.05, 4.69) is 26.6 Å². The van der Waals surface area contributed by atoms with Gasteiger partial charge in [-0.25, -0.2) is 0 Å². The van der Waals surface area contributed by atoms with Crippen LogP contribution in [0.2, 0.25) is 0 Å². The van der Waals surface area contributed by atoms with E-state index in [-0.39, 0.29) is 11.4 Å². The van der Waals surface area contributed by atoms with Crippen LogP contribution in [0.15, 0.2) is 28.7 Å². The Morgan fingerprint density at radius 1 is 1.05 bits per heavy atom. The van der Waals surface area contributed by atoms with E-state index in [1.54, 1.807) is 0 Å². The van der Waals surface area contributed by atoms with E-state index in [0.717, 1.165) is 27.9 Å². The molecule has 0 unspecified atom stereocenters. The maximum atomic E-state index is 12.2. The lowest BCUT2D eigenvalue weighted by Crippen LogP contribution is -2.59. The van der Waals surface area contributed by atoms with Crippen molar-refractivity contribution in [1.29, 1.82) is 0 Å². The molecule has 0 heterocycles. The quantitative estimate of drug-likeness (QED) is 0.851. The van der Waals surface area contributed by atoms with Crippen molar-refractivity contribution in [2.45, 2.75) is 44.1 Å². The maximum Gasteiger partial charge on any atom is 0.238 e. The van der Waals surface area contributed by atoms with E-state index < -0.39 is 0 Å². The summed E-state index contributed by atoms with van der Waals surface area (Å²) in [5, 5.41) is 6.62. The van der Waals surface area contributed by atoms with Gasteiger partial charge in [-0.2, -0.15) is 0 Å². The molecule has 4 saturated carbocycles. The van der Waals surface area contributed by atoms with Crippen LogP contribution in [0.25, 0.3) is 0 Å². The minimum Gasteiger partial charge on any atom is -0.325 e. The number of nitrogens with one attached hydrogen (secondary N) is 2. The highest BCUT2D eigenvalue weighted by Gasteiger charge is 2.50. The van der Waals surface area contributed by atoms with Crippen LogP contribution in [0.5, 0.6) is 0 Å². The molecule has 5 rings (SSSR count). The second-order valence-electron chi connectivity index (χ2n) is 7.61. The van der Waals surface area contributed by atoms with Crippen LogP contribution in [-0.4, -0.2) is 18.0 Å². The predicted molar refractivity (Wildman–Crippen MR) is 91.7 cm³/mol. The van der Waals surface area contributed by atoms with E-state index in [1.165, 1.54) is 38.5 Å². The van der Waals surface area contributed by atoms with Gasteiger partial charge in [-0.1, -0.05) is 15.9 Å². The maximum absolute atomic E-state index is 12.2. The van der Waals surface area contributed by atoms with Gasteiger partial charge in [0, 0.05) is 15.7 Å². The zero-order valence-electron chi connectivity index (χ0n) is 12.8. The van der Waals surface area contributed by atoms with Gasteiger partial charge in [-0.15, -0.1) is 0 Å². The number of rotatable bonds is 4. The number of anilines is 1. The zero-order valence-corrected chi connectivity index (χ0v) is 14.4. The number of hydrogen-bond acceptors (Lipinski definition) is 2. The third-order valence-corrected chi connectivity index (χ3v) is 6.32. The van der Waals surface area contributed by atoms with Gasteiger partial charge in [0.1, 0.15) is 0 Å². The lowest BCUT2D eigenvalue weighted by molar-refractivity contribution is -0.116. The number of benzene rings is 1. The fraction of sp³-hybridized carbons (Fsp3) is 0.611. The molecule has 3 nitrogen and oxygen atoms in total. The predicted octanol–water partition coefficient (Wildman–Crippen LogP) is 3.95. The van der Waals surface area contributed by atoms with Crippen molar-refractivity contribution < 1.29 is 4.79 Å². The first-order chi connectivity index (χ1) is 10.6. The van der Waals surface area contributed by atoms with E-state index in [9.17, 15) is 4.79 Å². The van der Waals surface area contributed by atoms with Crippen molar-refractivity contribution in [2.24, 2.45) is 17.8 Å². The lowest BCUT2D eigenvalue weighted by Gasteiger charge is -2.57. The van der Waals surface area contributed by atoms with E-state index >= 15 is 0 Å². The number of carbonyl (C=O) groups is 1. The molecule has 4 aliphatic rings. The molecule has 0 aliphatic heterocycles. The second-order valence-corrected chi connectivity index (χ2v) is 8.52. The highest BCUT2D eigenvalue weighted by atomic mass is 79.9. The lowest BCUT2D eigenvalue weighted by atomic mass is 9.53. The van der Waals surface area contributed by atoms with Gasteiger partial charge in [0.25, 0.3) is 0 Å². The summed E-state index contributed by atoms with van der Waals surface area (Å²) in [4.78, 5) is 12.2. The topological polar surface area (TPSA) is 41.1 Å². The largest absolute Gasteiger partial charge is 0.325 e. The Morgan fingerprint density at radius 3 is 2.14 bits per heavy atom. The third-order valence-electron chi connectivity index (χ3n) is 5.79. The molecular formula is C18H23BrN2O. The van der Waals surface area contributed by atoms with Crippen LogP contribution >= 0.6 is 15.9 Å². The molecule has 4 bridgehead atoms. The third kappa shape index (κ3) is 2.95. The van der Waals surface area contributed by atoms with Crippen LogP contribution in [0.1, 0.15) is 38.5 Å². The standard InChI is InChI=1S/C18H23BrN2O/c19-15-1-3-16(4-2-15)21-17(22)11-20-18-8-12-5-13(9-18)7-14(6-12)10-18/h1-4,12-14,20H,5-11H2,(H,21,22). The van der Waals surface area contributed by atoms with Gasteiger partial charge < -0.3 is 10.6 Å². The summed E-state index contributed by atoms with van der Waals surface area (Å²) in [6.07, 6.45) is 8.16. The van der Waals surface area contributed by atoms with Crippen molar-refractivity contribution in [2.75, 3.05) is 11.9 Å². The van der Waals surface area contributed by atoms with Gasteiger partial charge in [-0.05, 0) is 80.5 Å². The van der Waals surface area contributed by atoms with Gasteiger partial charge in [-0.3, -0.25) is 4.79 Å². The average Bonchev–Trinajstić information content (AvgIpc) is 2.46. The van der Waals surface area contributed by atoms with E-state index in [0.29, 0.717) is 6.54 Å². The second kappa shape index (κ2) is 5.64. The molecule has 4 aliphatic carbocycles. The van der Waals surface area contributed by atoms with Crippen LogP contribution in [0.4, 0.5) is 5.69 Å². The molecule has 2 N–H and O–H groups in total. The Kier molecular flexibility index (Phi) is 3.77. The molecule has 22 heavy (non-hydrogen) atoms. The van der Waals surface area contributed by atoms with E-state index in [4.69, 9.17) is 0 Å². The van der Waals surface area contributed by atoms with Crippen LogP contribution < -0.4 is 10.6 Å². The summed E-state index contributed by atoms with van der Waals surface area (Å²) in [5.74, 6) is 2.80. The number of hydrogen-bond donors (Lipinski definition) is 2. The summed E-state index contributed by atoms with van der Waals surface area (Å²) in [7, 11) is 0. The zero-order chi connectivity index (χ0) is 15.2. The van der Waals surface area contributed by atoms with Gasteiger partial charge in [0.05, 0.1) is 6.54 Å². The fourth-order valence-electron chi connectivity index (χ4n) is 5.33. The molecule has 4 heteroatoms. The molecule has 1 amide bonds. The van der Waals surface area contributed by atoms with Crippen LogP contribution in [-0.2, 0) is 4.79 Å². The highest BCUT2D eigenvalue weighted by molar-refractivity contribution is 9.10. The summed E-state index contributed by atoms with van der Waals surface area (Å²) in [6.45, 7) is 0.433. The first-order valence-electron chi connectivity index (χ1n) is 8.41. The van der Waals surface area contributed by atoms with Gasteiger partial charge in [0.15, 0.2) is 0 Å². The van der Waals surface area contributed by atoms with E-state index in [1.807, 2.05) is 24.3 Å². The molecule has 118 valence electrons. The van der Waals surface area contributed by atoms with Gasteiger partial charge >= 0.3 is 0 Å². The van der Waals surface area contributed by atoms with Crippen molar-refractivity contribution in [3.05, 3.63) is 28.7 Å². The molecule has 4 fully saturated rings. The van der Waals surface area contributed by atoms with Gasteiger partial charge in [0.2, 0.25) is 5.91 Å². The first-order valence-corrected chi connectivity index (χ1v) is 9.20. The summed E-state index contributed by atoms with van der Waals surface area (Å²) >= 11 is 3.41. The Balaban J connectivity index is 1.34. The Labute approximate surface area is 140 Å². The monoisotopic (exact) mass is 362 g/mol. The molecule has 0 saturated heterocycles. The van der Waals surface area contributed by atoms with Crippen molar-refractivity contribution in [1.82, 2.24) is 5.32 Å². The number of halogens is 1. The summed E-state index contributed by atoms with van der Waals surface area (Å²) in [6, 6.07) is 7.74. The molecule has 0 atom stereocenters. The molecule has 1 aromatic carbocycles. The minimum atomic E-state index is 0.0677. The van der Waals surface area contributed by atoms with Crippen molar-refractivity contribution in [3.8, 4) is 0 Å². The highest BCUT2D eigenvalue weighted by Crippen LogP contribution is 2.55. The Bertz CT molecular complexity index is 534. The summed E-state index contributed by atoms with van der Waals surface area (Å²) in [5.41, 5.74) is 1.12. The SMILES string of the molecule is O=C(CNC12CC3CC(CC(C3)C1)C2)Nc1ccc(Br)cc1. The summed E-state index contributed by atoms with van der Waals surface area (Å²) < 4.78 is 1.03. The average molecular weight is 363 g/mol. The molecule has 0 aromatic heterocycles. The van der Waals surface area contributed by atoms with Crippen molar-refractivity contribution >= 4 is 27.5 Å². The smallest absolute Gasteiger partial charge is 0.238 e. The van der Waals surface area contributed by atoms with Crippen LogP contribution in [0.3, 0.4) is 0 Å². The Hall–Kier alpha value is -0.870. The van der Waals surface area contributed by atoms with Crippen LogP contribution in [0, 0.1) is 17.8 Å². The first kappa shape index (κ1) is 14.7. The molecular weight excluding hydrogens is 340 g/mol. The molecule has 1 aromatic rings. The number of carbonyl (C=O) groups excluding carboxylic acids is 1.